The Morgan fingerprint density at radius 2 is 1.77 bits per heavy atom. The van der Waals surface area contributed by atoms with E-state index in [1.807, 2.05) is 13.8 Å². The average molecular weight is 188 g/mol. The lowest BCUT2D eigenvalue weighted by molar-refractivity contribution is -0.126. The number of halogens is 2. The summed E-state index contributed by atoms with van der Waals surface area (Å²) in [7, 11) is 0. The SMILES string of the molecule is CC(C)C(=O)C1C[C@@H]2[C@H](C1)C2(F)F. The summed E-state index contributed by atoms with van der Waals surface area (Å²) in [5.74, 6) is -3.29. The van der Waals surface area contributed by atoms with E-state index in [9.17, 15) is 13.6 Å². The molecular formula is C10H14F2O. The smallest absolute Gasteiger partial charge is 0.254 e. The van der Waals surface area contributed by atoms with Crippen molar-refractivity contribution < 1.29 is 13.6 Å². The highest BCUT2D eigenvalue weighted by Crippen LogP contribution is 2.65. The maximum Gasteiger partial charge on any atom is 0.254 e. The van der Waals surface area contributed by atoms with Crippen LogP contribution < -0.4 is 0 Å². The Labute approximate surface area is 76.5 Å². The van der Waals surface area contributed by atoms with Gasteiger partial charge in [0, 0.05) is 23.7 Å². The Bertz CT molecular complexity index is 233. The van der Waals surface area contributed by atoms with Crippen LogP contribution in [0.5, 0.6) is 0 Å². The van der Waals surface area contributed by atoms with Gasteiger partial charge in [0.1, 0.15) is 5.78 Å². The molecule has 74 valence electrons. The van der Waals surface area contributed by atoms with Crippen LogP contribution in [-0.4, -0.2) is 11.7 Å². The number of hydrogen-bond acceptors (Lipinski definition) is 1. The van der Waals surface area contributed by atoms with Gasteiger partial charge in [-0.15, -0.1) is 0 Å². The number of ketones is 1. The molecule has 2 fully saturated rings. The van der Waals surface area contributed by atoms with Gasteiger partial charge in [-0.1, -0.05) is 13.8 Å². The second kappa shape index (κ2) is 2.52. The minimum atomic E-state index is -2.44. The van der Waals surface area contributed by atoms with Crippen LogP contribution in [0, 0.1) is 23.7 Å². The molecule has 2 saturated carbocycles. The first kappa shape index (κ1) is 9.10. The summed E-state index contributed by atoms with van der Waals surface area (Å²) in [5, 5.41) is 0. The van der Waals surface area contributed by atoms with Crippen molar-refractivity contribution in [2.75, 3.05) is 0 Å². The van der Waals surface area contributed by atoms with Crippen molar-refractivity contribution in [2.24, 2.45) is 23.7 Å². The molecule has 0 bridgehead atoms. The standard InChI is InChI=1S/C10H14F2O/c1-5(2)9(13)6-3-7-8(4-6)10(7,11)12/h5-8H,3-4H2,1-2H3/t6?,7-,8+. The molecule has 2 aliphatic rings. The van der Waals surface area contributed by atoms with Crippen molar-refractivity contribution in [1.82, 2.24) is 0 Å². The third kappa shape index (κ3) is 1.20. The van der Waals surface area contributed by atoms with Crippen LogP contribution in [0.15, 0.2) is 0 Å². The average Bonchev–Trinajstić information content (AvgIpc) is 2.53. The summed E-state index contributed by atoms with van der Waals surface area (Å²) in [6.07, 6.45) is 0.851. The summed E-state index contributed by atoms with van der Waals surface area (Å²) < 4.78 is 25.5. The van der Waals surface area contributed by atoms with E-state index >= 15 is 0 Å². The lowest BCUT2D eigenvalue weighted by Crippen LogP contribution is -2.21. The molecule has 3 atom stereocenters. The van der Waals surface area contributed by atoms with E-state index in [0.717, 1.165) is 0 Å². The predicted octanol–water partition coefficient (Wildman–Crippen LogP) is 2.50. The van der Waals surface area contributed by atoms with E-state index in [1.54, 1.807) is 0 Å². The van der Waals surface area contributed by atoms with E-state index in [-0.39, 0.29) is 17.6 Å². The molecule has 1 nitrogen and oxygen atoms in total. The van der Waals surface area contributed by atoms with Gasteiger partial charge in [-0.2, -0.15) is 0 Å². The van der Waals surface area contributed by atoms with Crippen LogP contribution in [0.4, 0.5) is 8.78 Å². The minimum Gasteiger partial charge on any atom is -0.299 e. The molecule has 0 heterocycles. The first-order chi connectivity index (χ1) is 5.94. The summed E-state index contributed by atoms with van der Waals surface area (Å²) in [6.45, 7) is 3.68. The van der Waals surface area contributed by atoms with Crippen molar-refractivity contribution in [1.29, 1.82) is 0 Å². The lowest BCUT2D eigenvalue weighted by Gasteiger charge is -2.14. The lowest BCUT2D eigenvalue weighted by atomic mass is 9.91. The van der Waals surface area contributed by atoms with Crippen molar-refractivity contribution in [3.63, 3.8) is 0 Å². The zero-order chi connectivity index (χ0) is 9.80. The first-order valence-corrected chi connectivity index (χ1v) is 4.86. The van der Waals surface area contributed by atoms with E-state index < -0.39 is 17.8 Å². The number of carbonyl (C=O) groups is 1. The fourth-order valence-corrected chi connectivity index (χ4v) is 2.52. The van der Waals surface area contributed by atoms with Crippen LogP contribution in [-0.2, 0) is 4.79 Å². The van der Waals surface area contributed by atoms with Gasteiger partial charge in [-0.3, -0.25) is 4.79 Å². The Hall–Kier alpha value is -0.470. The minimum absolute atomic E-state index is 0.00359. The number of fused-ring (bicyclic) bond motifs is 1. The molecule has 0 aromatic heterocycles. The van der Waals surface area contributed by atoms with E-state index in [4.69, 9.17) is 0 Å². The quantitative estimate of drug-likeness (QED) is 0.650. The van der Waals surface area contributed by atoms with Crippen LogP contribution >= 0.6 is 0 Å². The highest BCUT2D eigenvalue weighted by molar-refractivity contribution is 5.83. The van der Waals surface area contributed by atoms with Gasteiger partial charge in [0.05, 0.1) is 0 Å². The second-order valence-corrected chi connectivity index (χ2v) is 4.61. The van der Waals surface area contributed by atoms with Gasteiger partial charge < -0.3 is 0 Å². The van der Waals surface area contributed by atoms with Crippen LogP contribution in [0.2, 0.25) is 0 Å². The summed E-state index contributed by atoms with van der Waals surface area (Å²) in [6, 6.07) is 0. The zero-order valence-corrected chi connectivity index (χ0v) is 7.89. The van der Waals surface area contributed by atoms with Gasteiger partial charge in [-0.05, 0) is 12.8 Å². The van der Waals surface area contributed by atoms with Crippen LogP contribution in [0.1, 0.15) is 26.7 Å². The fourth-order valence-electron chi connectivity index (χ4n) is 2.52. The molecule has 0 aliphatic heterocycles. The predicted molar refractivity (Wildman–Crippen MR) is 44.5 cm³/mol. The van der Waals surface area contributed by atoms with Crippen molar-refractivity contribution >= 4 is 5.78 Å². The Balaban J connectivity index is 1.94. The van der Waals surface area contributed by atoms with Gasteiger partial charge in [0.15, 0.2) is 0 Å². The van der Waals surface area contributed by atoms with Crippen molar-refractivity contribution in [3.05, 3.63) is 0 Å². The molecular weight excluding hydrogens is 174 g/mol. The molecule has 1 unspecified atom stereocenters. The Kier molecular flexibility index (Phi) is 1.76. The fraction of sp³-hybridized carbons (Fsp3) is 0.900. The normalized spacial score (nSPS) is 40.5. The van der Waals surface area contributed by atoms with Gasteiger partial charge in [-0.25, -0.2) is 8.78 Å². The van der Waals surface area contributed by atoms with Gasteiger partial charge in [0.2, 0.25) is 0 Å². The summed E-state index contributed by atoms with van der Waals surface area (Å²) >= 11 is 0. The Morgan fingerprint density at radius 3 is 2.15 bits per heavy atom. The summed E-state index contributed by atoms with van der Waals surface area (Å²) in [4.78, 5) is 11.5. The van der Waals surface area contributed by atoms with E-state index in [0.29, 0.717) is 12.8 Å². The molecule has 0 radical (unpaired) electrons. The number of Topliss-reactive ketones (excluding diaryl/α,β-unsaturated/α-hetero) is 1. The highest BCUT2D eigenvalue weighted by Gasteiger charge is 2.72. The molecule has 13 heavy (non-hydrogen) atoms. The van der Waals surface area contributed by atoms with Crippen molar-refractivity contribution in [3.8, 4) is 0 Å². The topological polar surface area (TPSA) is 17.1 Å². The number of carbonyl (C=O) groups excluding carboxylic acids is 1. The molecule has 0 N–H and O–H groups in total. The summed E-state index contributed by atoms with van der Waals surface area (Å²) in [5.41, 5.74) is 0. The molecule has 3 heteroatoms. The molecule has 2 aliphatic carbocycles. The molecule has 0 spiro atoms. The molecule has 0 aromatic rings. The maximum atomic E-state index is 12.8. The van der Waals surface area contributed by atoms with Crippen LogP contribution in [0.3, 0.4) is 0 Å². The molecule has 0 aromatic carbocycles. The van der Waals surface area contributed by atoms with Crippen LogP contribution in [0.25, 0.3) is 0 Å². The number of hydrogen-bond donors (Lipinski definition) is 0. The number of rotatable bonds is 2. The third-order valence-electron chi connectivity index (χ3n) is 3.41. The molecule has 2 rings (SSSR count). The van der Waals surface area contributed by atoms with E-state index in [2.05, 4.69) is 0 Å². The molecule has 0 amide bonds. The van der Waals surface area contributed by atoms with Gasteiger partial charge in [0.25, 0.3) is 5.92 Å². The largest absolute Gasteiger partial charge is 0.299 e. The number of alkyl halides is 2. The molecule has 0 saturated heterocycles. The zero-order valence-electron chi connectivity index (χ0n) is 7.89. The van der Waals surface area contributed by atoms with E-state index in [1.165, 1.54) is 0 Å². The van der Waals surface area contributed by atoms with Crippen molar-refractivity contribution in [2.45, 2.75) is 32.6 Å². The monoisotopic (exact) mass is 188 g/mol. The van der Waals surface area contributed by atoms with Gasteiger partial charge >= 0.3 is 0 Å². The third-order valence-corrected chi connectivity index (χ3v) is 3.41. The first-order valence-electron chi connectivity index (χ1n) is 4.86. The highest BCUT2D eigenvalue weighted by atomic mass is 19.3. The maximum absolute atomic E-state index is 12.8. The second-order valence-electron chi connectivity index (χ2n) is 4.61. The Morgan fingerprint density at radius 1 is 1.31 bits per heavy atom.